The number of nitrogens with zero attached hydrogens (tertiary/aromatic N) is 3. The van der Waals surface area contributed by atoms with Crippen LogP contribution in [0, 0.1) is 6.92 Å². The summed E-state index contributed by atoms with van der Waals surface area (Å²) < 4.78 is 1.47. The molecule has 2 aromatic carbocycles. The topological polar surface area (TPSA) is 55.2 Å². The maximum Gasteiger partial charge on any atom is 0.261 e. The first-order valence-corrected chi connectivity index (χ1v) is 8.42. The van der Waals surface area contributed by atoms with Gasteiger partial charge in [-0.1, -0.05) is 30.3 Å². The predicted octanol–water partition coefficient (Wildman–Crippen LogP) is 2.68. The molecule has 0 spiro atoms. The van der Waals surface area contributed by atoms with Crippen molar-refractivity contribution in [1.82, 2.24) is 9.55 Å². The van der Waals surface area contributed by atoms with Gasteiger partial charge in [0.15, 0.2) is 0 Å². The Morgan fingerprint density at radius 2 is 1.88 bits per heavy atom. The summed E-state index contributed by atoms with van der Waals surface area (Å²) in [5.41, 5.74) is 2.61. The third-order valence-corrected chi connectivity index (χ3v) is 4.82. The average molecular weight is 333 g/mol. The SMILES string of the molecule is Cc1nc2ccccc2c(=O)n1CC(=O)N1c2ccccc2C[C@H]1C. The van der Waals surface area contributed by atoms with Gasteiger partial charge in [0.2, 0.25) is 5.91 Å². The lowest BCUT2D eigenvalue weighted by Gasteiger charge is -2.23. The third kappa shape index (κ3) is 2.52. The molecule has 1 aliphatic rings. The van der Waals surface area contributed by atoms with Crippen molar-refractivity contribution in [3.05, 3.63) is 70.3 Å². The number of rotatable bonds is 2. The van der Waals surface area contributed by atoms with Gasteiger partial charge >= 0.3 is 0 Å². The first kappa shape index (κ1) is 15.6. The number of hydrogen-bond acceptors (Lipinski definition) is 3. The van der Waals surface area contributed by atoms with E-state index in [1.807, 2.05) is 49.4 Å². The van der Waals surface area contributed by atoms with Crippen LogP contribution in [0.1, 0.15) is 18.3 Å². The van der Waals surface area contributed by atoms with Gasteiger partial charge in [0.1, 0.15) is 12.4 Å². The van der Waals surface area contributed by atoms with Crippen LogP contribution >= 0.6 is 0 Å². The zero-order valence-corrected chi connectivity index (χ0v) is 14.3. The van der Waals surface area contributed by atoms with Crippen molar-refractivity contribution in [3.8, 4) is 0 Å². The summed E-state index contributed by atoms with van der Waals surface area (Å²) in [4.78, 5) is 32.0. The monoisotopic (exact) mass is 333 g/mol. The van der Waals surface area contributed by atoms with Crippen molar-refractivity contribution < 1.29 is 4.79 Å². The Morgan fingerprint density at radius 1 is 1.16 bits per heavy atom. The van der Waals surface area contributed by atoms with E-state index in [2.05, 4.69) is 4.98 Å². The summed E-state index contributed by atoms with van der Waals surface area (Å²) in [6.07, 6.45) is 0.839. The van der Waals surface area contributed by atoms with Crippen LogP contribution in [0.2, 0.25) is 0 Å². The Labute approximate surface area is 145 Å². The molecule has 0 bridgehead atoms. The van der Waals surface area contributed by atoms with E-state index in [1.54, 1.807) is 17.9 Å². The minimum Gasteiger partial charge on any atom is -0.307 e. The molecule has 1 aromatic heterocycles. The van der Waals surface area contributed by atoms with E-state index in [1.165, 1.54) is 10.1 Å². The lowest BCUT2D eigenvalue weighted by molar-refractivity contribution is -0.119. The summed E-state index contributed by atoms with van der Waals surface area (Å²) >= 11 is 0. The minimum atomic E-state index is -0.170. The predicted molar refractivity (Wildman–Crippen MR) is 97.8 cm³/mol. The molecular weight excluding hydrogens is 314 g/mol. The number of amides is 1. The molecule has 2 heterocycles. The van der Waals surface area contributed by atoms with Crippen LogP contribution in [0.4, 0.5) is 5.69 Å². The molecular formula is C20H19N3O2. The van der Waals surface area contributed by atoms with Gasteiger partial charge < -0.3 is 4.90 Å². The molecule has 0 saturated heterocycles. The van der Waals surface area contributed by atoms with Gasteiger partial charge in [-0.25, -0.2) is 4.98 Å². The van der Waals surface area contributed by atoms with Crippen LogP contribution in [0.5, 0.6) is 0 Å². The molecule has 0 unspecified atom stereocenters. The maximum absolute atomic E-state index is 13.0. The smallest absolute Gasteiger partial charge is 0.261 e. The zero-order valence-electron chi connectivity index (χ0n) is 14.3. The Morgan fingerprint density at radius 3 is 2.72 bits per heavy atom. The van der Waals surface area contributed by atoms with Crippen LogP contribution in [-0.2, 0) is 17.8 Å². The molecule has 0 aliphatic carbocycles. The minimum absolute atomic E-state index is 0.00117. The second-order valence-electron chi connectivity index (χ2n) is 6.51. The molecule has 1 aliphatic heterocycles. The molecule has 0 fully saturated rings. The number of benzene rings is 2. The Bertz CT molecular complexity index is 1040. The number of carbonyl (C=O) groups is 1. The van der Waals surface area contributed by atoms with Crippen LogP contribution in [0.3, 0.4) is 0 Å². The van der Waals surface area contributed by atoms with Gasteiger partial charge in [-0.3, -0.25) is 14.2 Å². The molecule has 1 atom stereocenters. The number of carbonyl (C=O) groups excluding carboxylic acids is 1. The molecule has 0 radical (unpaired) electrons. The van der Waals surface area contributed by atoms with E-state index in [9.17, 15) is 9.59 Å². The third-order valence-electron chi connectivity index (χ3n) is 4.82. The summed E-state index contributed by atoms with van der Waals surface area (Å²) in [5, 5.41) is 0.538. The summed E-state index contributed by atoms with van der Waals surface area (Å²) in [6, 6.07) is 15.3. The van der Waals surface area contributed by atoms with Gasteiger partial charge in [-0.15, -0.1) is 0 Å². The second-order valence-corrected chi connectivity index (χ2v) is 6.51. The fourth-order valence-corrected chi connectivity index (χ4v) is 3.62. The van der Waals surface area contributed by atoms with E-state index in [0.29, 0.717) is 16.7 Å². The van der Waals surface area contributed by atoms with Crippen LogP contribution in [0.25, 0.3) is 10.9 Å². The fraction of sp³-hybridized carbons (Fsp3) is 0.250. The summed E-state index contributed by atoms with van der Waals surface area (Å²) in [5.74, 6) is 0.469. The lowest BCUT2D eigenvalue weighted by atomic mass is 10.1. The molecule has 5 heteroatoms. The van der Waals surface area contributed by atoms with Crippen molar-refractivity contribution in [2.75, 3.05) is 4.90 Å². The number of anilines is 1. The fourth-order valence-electron chi connectivity index (χ4n) is 3.62. The Kier molecular flexibility index (Phi) is 3.64. The van der Waals surface area contributed by atoms with Gasteiger partial charge in [0.25, 0.3) is 5.56 Å². The van der Waals surface area contributed by atoms with Gasteiger partial charge in [0.05, 0.1) is 10.9 Å². The van der Waals surface area contributed by atoms with E-state index in [0.717, 1.165) is 12.1 Å². The molecule has 0 N–H and O–H groups in total. The molecule has 1 amide bonds. The lowest BCUT2D eigenvalue weighted by Crippen LogP contribution is -2.40. The van der Waals surface area contributed by atoms with Gasteiger partial charge in [-0.2, -0.15) is 0 Å². The largest absolute Gasteiger partial charge is 0.307 e. The zero-order chi connectivity index (χ0) is 17.6. The highest BCUT2D eigenvalue weighted by Crippen LogP contribution is 2.31. The van der Waals surface area contributed by atoms with Gasteiger partial charge in [-0.05, 0) is 44.0 Å². The van der Waals surface area contributed by atoms with E-state index < -0.39 is 0 Å². The Hall–Kier alpha value is -2.95. The van der Waals surface area contributed by atoms with E-state index >= 15 is 0 Å². The number of hydrogen-bond donors (Lipinski definition) is 0. The van der Waals surface area contributed by atoms with Crippen molar-refractivity contribution >= 4 is 22.5 Å². The van der Waals surface area contributed by atoms with E-state index in [4.69, 9.17) is 0 Å². The molecule has 3 aromatic rings. The highest BCUT2D eigenvalue weighted by Gasteiger charge is 2.30. The molecule has 5 nitrogen and oxygen atoms in total. The molecule has 4 rings (SSSR count). The van der Waals surface area contributed by atoms with E-state index in [-0.39, 0.29) is 24.1 Å². The number of para-hydroxylation sites is 2. The molecule has 0 saturated carbocycles. The van der Waals surface area contributed by atoms with Crippen LogP contribution < -0.4 is 10.5 Å². The van der Waals surface area contributed by atoms with Crippen molar-refractivity contribution in [1.29, 1.82) is 0 Å². The van der Waals surface area contributed by atoms with Crippen molar-refractivity contribution in [2.24, 2.45) is 0 Å². The highest BCUT2D eigenvalue weighted by molar-refractivity contribution is 5.96. The van der Waals surface area contributed by atoms with Crippen molar-refractivity contribution in [3.63, 3.8) is 0 Å². The highest BCUT2D eigenvalue weighted by atomic mass is 16.2. The first-order valence-electron chi connectivity index (χ1n) is 8.42. The number of aryl methyl sites for hydroxylation is 1. The first-order chi connectivity index (χ1) is 12.1. The van der Waals surface area contributed by atoms with Gasteiger partial charge in [0, 0.05) is 11.7 Å². The Balaban J connectivity index is 1.73. The molecule has 25 heavy (non-hydrogen) atoms. The normalized spacial score (nSPS) is 16.2. The number of fused-ring (bicyclic) bond motifs is 2. The van der Waals surface area contributed by atoms with Crippen LogP contribution in [0.15, 0.2) is 53.3 Å². The quantitative estimate of drug-likeness (QED) is 0.724. The average Bonchev–Trinajstić information content (AvgIpc) is 2.94. The summed E-state index contributed by atoms with van der Waals surface area (Å²) in [7, 11) is 0. The second kappa shape index (κ2) is 5.84. The maximum atomic E-state index is 13.0. The summed E-state index contributed by atoms with van der Waals surface area (Å²) in [6.45, 7) is 3.80. The van der Waals surface area contributed by atoms with Crippen LogP contribution in [-0.4, -0.2) is 21.5 Å². The van der Waals surface area contributed by atoms with Crippen molar-refractivity contribution in [2.45, 2.75) is 32.9 Å². The standard InChI is InChI=1S/C20H19N3O2/c1-13-11-15-7-3-6-10-18(15)23(13)19(24)12-22-14(2)21-17-9-5-4-8-16(17)20(22)25/h3-10,13H,11-12H2,1-2H3/t13-/m1/s1. The number of aromatic nitrogens is 2. The molecule has 126 valence electrons.